The van der Waals surface area contributed by atoms with Crippen molar-refractivity contribution in [3.05, 3.63) is 41.5 Å². The van der Waals surface area contributed by atoms with E-state index >= 15 is 0 Å². The minimum absolute atomic E-state index is 0.176. The quantitative estimate of drug-likeness (QED) is 0.254. The molecular weight excluding hydrogens is 520 g/mol. The molecule has 1 aromatic rings. The third kappa shape index (κ3) is 5.47. The molecule has 0 amide bonds. The Balaban J connectivity index is 1.29. The minimum Gasteiger partial charge on any atom is -0.392 e. The first kappa shape index (κ1) is 30.3. The predicted octanol–water partition coefficient (Wildman–Crippen LogP) is 7.20. The molecule has 2 N–H and O–H groups in total. The van der Waals surface area contributed by atoms with Crippen LogP contribution in [0.4, 0.5) is 0 Å². The predicted molar refractivity (Wildman–Crippen MR) is 159 cm³/mol. The summed E-state index contributed by atoms with van der Waals surface area (Å²) in [6, 6.07) is 6.77. The second kappa shape index (κ2) is 10.8. The molecular formula is C34H52O5S. The van der Waals surface area contributed by atoms with E-state index in [0.29, 0.717) is 41.9 Å². The van der Waals surface area contributed by atoms with E-state index in [2.05, 4.69) is 26.8 Å². The lowest BCUT2D eigenvalue weighted by Gasteiger charge is -2.59. The van der Waals surface area contributed by atoms with Crippen molar-refractivity contribution in [2.75, 3.05) is 0 Å². The first-order valence-electron chi connectivity index (χ1n) is 15.7. The number of benzene rings is 1. The number of fused-ring (bicyclic) bond motifs is 5. The fourth-order valence-electron chi connectivity index (χ4n) is 9.73. The van der Waals surface area contributed by atoms with Crippen LogP contribution in [0.2, 0.25) is 0 Å². The molecule has 0 spiro atoms. The van der Waals surface area contributed by atoms with E-state index in [-0.39, 0.29) is 10.3 Å². The van der Waals surface area contributed by atoms with E-state index in [4.69, 9.17) is 4.18 Å². The van der Waals surface area contributed by atoms with Crippen LogP contribution in [0.3, 0.4) is 0 Å². The summed E-state index contributed by atoms with van der Waals surface area (Å²) in [6.45, 7) is 13.0. The standard InChI is InChI=1S/C34H52O5S/c1-22-9-12-26(13-10-22)40(37,38)39-25-20-24-11-14-27-29-16-15-28(23(2)8-7-18-32(3,4)36)33(29,5)19-17-30(27)34(24,6)31(35)21-25/h9-13,23,25,27-31,35-36H,7-8,14-21H2,1-6H3/t23-,25-,27+,28-,29+,30+,31+,33-,34+/m1/s1. The van der Waals surface area contributed by atoms with Gasteiger partial charge in [0.1, 0.15) is 0 Å². The van der Waals surface area contributed by atoms with E-state index in [1.54, 1.807) is 24.3 Å². The van der Waals surface area contributed by atoms with Crippen molar-refractivity contribution in [2.45, 2.75) is 128 Å². The van der Waals surface area contributed by atoms with Gasteiger partial charge in [-0.1, -0.05) is 63.0 Å². The number of aliphatic hydroxyl groups excluding tert-OH is 1. The van der Waals surface area contributed by atoms with Crippen LogP contribution in [-0.2, 0) is 14.3 Å². The minimum atomic E-state index is -3.88. The summed E-state index contributed by atoms with van der Waals surface area (Å²) in [5, 5.41) is 21.8. The van der Waals surface area contributed by atoms with E-state index in [1.165, 1.54) is 31.3 Å². The summed E-state index contributed by atoms with van der Waals surface area (Å²) < 4.78 is 31.8. The molecule has 0 aromatic heterocycles. The number of allylic oxidation sites excluding steroid dienone is 1. The highest BCUT2D eigenvalue weighted by Crippen LogP contribution is 2.67. The van der Waals surface area contributed by atoms with Gasteiger partial charge in [-0.15, -0.1) is 0 Å². The molecule has 0 unspecified atom stereocenters. The molecule has 1 aromatic carbocycles. The van der Waals surface area contributed by atoms with E-state index in [1.807, 2.05) is 20.8 Å². The van der Waals surface area contributed by atoms with Gasteiger partial charge in [0.2, 0.25) is 0 Å². The highest BCUT2D eigenvalue weighted by atomic mass is 32.2. The lowest BCUT2D eigenvalue weighted by molar-refractivity contribution is -0.105. The van der Waals surface area contributed by atoms with Gasteiger partial charge in [-0.25, -0.2) is 0 Å². The lowest BCUT2D eigenvalue weighted by Crippen LogP contribution is -2.56. The van der Waals surface area contributed by atoms with Gasteiger partial charge in [-0.3, -0.25) is 4.18 Å². The summed E-state index contributed by atoms with van der Waals surface area (Å²) in [5.74, 6) is 3.06. The first-order valence-corrected chi connectivity index (χ1v) is 17.2. The highest BCUT2D eigenvalue weighted by Gasteiger charge is 2.61. The van der Waals surface area contributed by atoms with Crippen LogP contribution >= 0.6 is 0 Å². The van der Waals surface area contributed by atoms with E-state index in [9.17, 15) is 18.6 Å². The Morgan fingerprint density at radius 1 is 1.10 bits per heavy atom. The molecule has 224 valence electrons. The molecule has 0 bridgehead atoms. The smallest absolute Gasteiger partial charge is 0.297 e. The molecule has 40 heavy (non-hydrogen) atoms. The SMILES string of the molecule is Cc1ccc(S(=O)(=O)O[C@@H]2CC3=CC[C@H]4[C@@H]5CC[C@H]([C@H](C)CCCC(C)(C)O)[C@@]5(C)CC[C@@H]4[C@@]3(C)[C@@H](O)C2)cc1. The third-order valence-corrected chi connectivity index (χ3v) is 13.3. The van der Waals surface area contributed by atoms with Gasteiger partial charge >= 0.3 is 0 Å². The summed E-state index contributed by atoms with van der Waals surface area (Å²) in [5.41, 5.74) is 1.65. The maximum atomic E-state index is 13.0. The van der Waals surface area contributed by atoms with Gasteiger partial charge in [0.05, 0.1) is 22.7 Å². The van der Waals surface area contributed by atoms with Gasteiger partial charge in [-0.2, -0.15) is 8.42 Å². The number of aliphatic hydroxyl groups is 2. The Bertz CT molecular complexity index is 1200. The number of hydrogen-bond acceptors (Lipinski definition) is 5. The molecule has 5 rings (SSSR count). The molecule has 0 heterocycles. The molecule has 0 radical (unpaired) electrons. The molecule has 5 nitrogen and oxygen atoms in total. The van der Waals surface area contributed by atoms with Crippen LogP contribution in [0.25, 0.3) is 0 Å². The number of hydrogen-bond donors (Lipinski definition) is 2. The highest BCUT2D eigenvalue weighted by molar-refractivity contribution is 7.86. The van der Waals surface area contributed by atoms with Crippen LogP contribution in [0.1, 0.15) is 104 Å². The fraction of sp³-hybridized carbons (Fsp3) is 0.765. The maximum absolute atomic E-state index is 13.0. The van der Waals surface area contributed by atoms with Gasteiger partial charge in [0.25, 0.3) is 10.1 Å². The zero-order chi connectivity index (χ0) is 29.1. The average molecular weight is 573 g/mol. The molecule has 9 atom stereocenters. The van der Waals surface area contributed by atoms with Crippen molar-refractivity contribution < 1.29 is 22.8 Å². The zero-order valence-electron chi connectivity index (χ0n) is 25.5. The van der Waals surface area contributed by atoms with Crippen LogP contribution in [0.5, 0.6) is 0 Å². The third-order valence-electron chi connectivity index (χ3n) is 11.9. The van der Waals surface area contributed by atoms with E-state index < -0.39 is 27.9 Å². The Morgan fingerprint density at radius 2 is 1.80 bits per heavy atom. The summed E-state index contributed by atoms with van der Waals surface area (Å²) >= 11 is 0. The Morgan fingerprint density at radius 3 is 2.48 bits per heavy atom. The van der Waals surface area contributed by atoms with Gasteiger partial charge in [-0.05, 0) is 113 Å². The van der Waals surface area contributed by atoms with Gasteiger partial charge < -0.3 is 10.2 Å². The van der Waals surface area contributed by atoms with E-state index in [0.717, 1.165) is 37.2 Å². The molecule has 4 aliphatic carbocycles. The normalized spacial score (nSPS) is 38.6. The van der Waals surface area contributed by atoms with Crippen LogP contribution in [0.15, 0.2) is 40.8 Å². The van der Waals surface area contributed by atoms with Crippen molar-refractivity contribution in [3.63, 3.8) is 0 Å². The average Bonchev–Trinajstić information content (AvgIpc) is 3.21. The second-order valence-electron chi connectivity index (χ2n) is 15.0. The summed E-state index contributed by atoms with van der Waals surface area (Å²) in [7, 11) is -3.88. The largest absolute Gasteiger partial charge is 0.392 e. The van der Waals surface area contributed by atoms with Crippen molar-refractivity contribution in [2.24, 2.45) is 40.4 Å². The van der Waals surface area contributed by atoms with Crippen molar-refractivity contribution in [3.8, 4) is 0 Å². The number of aryl methyl sites for hydroxylation is 1. The first-order chi connectivity index (χ1) is 18.6. The van der Waals surface area contributed by atoms with Crippen molar-refractivity contribution >= 4 is 10.1 Å². The molecule has 0 saturated heterocycles. The molecule has 4 aliphatic rings. The lowest BCUT2D eigenvalue weighted by atomic mass is 9.46. The monoisotopic (exact) mass is 572 g/mol. The van der Waals surface area contributed by atoms with Gasteiger partial charge in [0, 0.05) is 11.8 Å². The summed E-state index contributed by atoms with van der Waals surface area (Å²) in [4.78, 5) is 0.176. The molecule has 0 aliphatic heterocycles. The maximum Gasteiger partial charge on any atom is 0.297 e. The Hall–Kier alpha value is -1.21. The Kier molecular flexibility index (Phi) is 8.18. The van der Waals surface area contributed by atoms with Gasteiger partial charge in [0.15, 0.2) is 0 Å². The summed E-state index contributed by atoms with van der Waals surface area (Å²) in [6.07, 6.45) is 11.2. The second-order valence-corrected chi connectivity index (χ2v) is 16.5. The molecule has 3 fully saturated rings. The number of rotatable bonds is 8. The van der Waals surface area contributed by atoms with Crippen LogP contribution in [0, 0.1) is 47.3 Å². The molecule has 3 saturated carbocycles. The van der Waals surface area contributed by atoms with Crippen molar-refractivity contribution in [1.82, 2.24) is 0 Å². The van der Waals surface area contributed by atoms with Crippen LogP contribution < -0.4 is 0 Å². The van der Waals surface area contributed by atoms with Crippen molar-refractivity contribution in [1.29, 1.82) is 0 Å². The fourth-order valence-corrected chi connectivity index (χ4v) is 10.8. The Labute approximate surface area is 242 Å². The zero-order valence-corrected chi connectivity index (χ0v) is 26.3. The molecule has 6 heteroatoms. The topological polar surface area (TPSA) is 83.8 Å². The van der Waals surface area contributed by atoms with Crippen LogP contribution in [-0.4, -0.2) is 36.4 Å².